The standard InChI is InChI=1S/C36H78N3O10PS3/c1-10-16-19-22-25-28-31-34(7,37-51(41,42)13-4)47-50(40,48-35(8,38-52(43,44)14-5)32-29-26-23-20-17-11-2)49-36(9,39-53(45,46)15-6)33-30-27-24-21-18-12-3/h37-39H,10-33H2,1-9H3. The lowest BCUT2D eigenvalue weighted by Gasteiger charge is -2.41. The molecule has 0 spiro atoms. The number of sulfonamides is 3. The maximum Gasteiger partial charge on any atom is 0.480 e. The van der Waals surface area contributed by atoms with Crippen molar-refractivity contribution in [3.05, 3.63) is 0 Å². The molecule has 3 N–H and O–H groups in total. The van der Waals surface area contributed by atoms with E-state index in [1.54, 1.807) is 0 Å². The summed E-state index contributed by atoms with van der Waals surface area (Å²) >= 11 is 0. The fraction of sp³-hybridized carbons (Fsp3) is 1.00. The van der Waals surface area contributed by atoms with Crippen LogP contribution in [0, 0.1) is 0 Å². The van der Waals surface area contributed by atoms with Gasteiger partial charge < -0.3 is 0 Å². The van der Waals surface area contributed by atoms with Crippen molar-refractivity contribution in [2.75, 3.05) is 17.3 Å². The van der Waals surface area contributed by atoms with Gasteiger partial charge in [0.2, 0.25) is 30.1 Å². The molecule has 17 heteroatoms. The van der Waals surface area contributed by atoms with Crippen LogP contribution in [0.4, 0.5) is 0 Å². The van der Waals surface area contributed by atoms with Gasteiger partial charge in [-0.3, -0.25) is 13.6 Å². The average Bonchev–Trinajstić information content (AvgIpc) is 3.04. The molecule has 0 aromatic carbocycles. The van der Waals surface area contributed by atoms with Gasteiger partial charge in [0.25, 0.3) is 0 Å². The Morgan fingerprint density at radius 2 is 0.604 bits per heavy atom. The van der Waals surface area contributed by atoms with Crippen molar-refractivity contribution in [2.45, 2.75) is 214 Å². The van der Waals surface area contributed by atoms with Crippen LogP contribution in [0.5, 0.6) is 0 Å². The molecule has 0 fully saturated rings. The van der Waals surface area contributed by atoms with Crippen LogP contribution in [0.25, 0.3) is 0 Å². The smallest absolute Gasteiger partial charge is 0.264 e. The van der Waals surface area contributed by atoms with Crippen LogP contribution < -0.4 is 14.2 Å². The van der Waals surface area contributed by atoms with Crippen molar-refractivity contribution in [1.29, 1.82) is 0 Å². The van der Waals surface area contributed by atoms with Crippen molar-refractivity contribution >= 4 is 37.9 Å². The molecule has 0 aromatic heterocycles. The second-order valence-electron chi connectivity index (χ2n) is 15.0. The summed E-state index contributed by atoms with van der Waals surface area (Å²) in [5, 5.41) is 0. The Labute approximate surface area is 325 Å². The molecule has 0 bridgehead atoms. The first kappa shape index (κ1) is 52.8. The number of rotatable bonds is 36. The summed E-state index contributed by atoms with van der Waals surface area (Å²) in [7, 11) is -16.9. The van der Waals surface area contributed by atoms with Gasteiger partial charge in [-0.1, -0.05) is 117 Å². The summed E-state index contributed by atoms with van der Waals surface area (Å²) in [5.74, 6) is -0.855. The van der Waals surface area contributed by atoms with Gasteiger partial charge in [0.15, 0.2) is 0 Å². The van der Waals surface area contributed by atoms with E-state index in [1.807, 2.05) is 0 Å². The summed E-state index contributed by atoms with van der Waals surface area (Å²) in [4.78, 5) is 0. The zero-order chi connectivity index (χ0) is 40.7. The largest absolute Gasteiger partial charge is 0.480 e. The number of phosphoric ester groups is 1. The lowest BCUT2D eigenvalue weighted by Crippen LogP contribution is -2.53. The van der Waals surface area contributed by atoms with Gasteiger partial charge in [-0.25, -0.2) is 29.8 Å². The van der Waals surface area contributed by atoms with Crippen LogP contribution in [-0.4, -0.2) is 59.7 Å². The number of hydrogen-bond donors (Lipinski definition) is 3. The van der Waals surface area contributed by atoms with Crippen molar-refractivity contribution in [3.8, 4) is 0 Å². The van der Waals surface area contributed by atoms with Gasteiger partial charge in [-0.15, -0.1) is 0 Å². The van der Waals surface area contributed by atoms with Gasteiger partial charge in [0, 0.05) is 0 Å². The third kappa shape index (κ3) is 25.0. The van der Waals surface area contributed by atoms with E-state index in [0.717, 1.165) is 96.3 Å². The molecule has 0 rings (SSSR count). The van der Waals surface area contributed by atoms with E-state index in [0.29, 0.717) is 19.3 Å². The van der Waals surface area contributed by atoms with Crippen LogP contribution in [0.3, 0.4) is 0 Å². The minimum Gasteiger partial charge on any atom is -0.264 e. The zero-order valence-corrected chi connectivity index (χ0v) is 38.1. The van der Waals surface area contributed by atoms with Gasteiger partial charge in [0.1, 0.15) is 17.2 Å². The zero-order valence-electron chi connectivity index (χ0n) is 34.7. The van der Waals surface area contributed by atoms with Gasteiger partial charge in [-0.2, -0.15) is 14.2 Å². The monoisotopic (exact) mass is 839 g/mol. The van der Waals surface area contributed by atoms with E-state index < -0.39 is 55.1 Å². The molecule has 0 aliphatic rings. The third-order valence-electron chi connectivity index (χ3n) is 9.22. The molecule has 3 atom stereocenters. The third-order valence-corrected chi connectivity index (χ3v) is 15.6. The molecule has 0 radical (unpaired) electrons. The molecular formula is C36H78N3O10PS3. The van der Waals surface area contributed by atoms with E-state index in [-0.39, 0.29) is 36.5 Å². The lowest BCUT2D eigenvalue weighted by atomic mass is 10.1. The highest BCUT2D eigenvalue weighted by Crippen LogP contribution is 2.59. The fourth-order valence-electron chi connectivity index (χ4n) is 6.07. The molecule has 0 saturated carbocycles. The first-order valence-electron chi connectivity index (χ1n) is 20.4. The summed E-state index contributed by atoms with van der Waals surface area (Å²) in [6, 6.07) is 0. The minimum absolute atomic E-state index is 0.0960. The predicted molar refractivity (Wildman–Crippen MR) is 218 cm³/mol. The van der Waals surface area contributed by atoms with E-state index in [9.17, 15) is 25.3 Å². The number of unbranched alkanes of at least 4 members (excludes halogenated alkanes) is 15. The quantitative estimate of drug-likeness (QED) is 0.0312. The van der Waals surface area contributed by atoms with Gasteiger partial charge in [0.05, 0.1) is 17.3 Å². The first-order chi connectivity index (χ1) is 24.6. The van der Waals surface area contributed by atoms with Crippen molar-refractivity contribution in [1.82, 2.24) is 14.2 Å². The molecule has 3 unspecified atom stereocenters. The minimum atomic E-state index is -5.05. The Bertz CT molecular complexity index is 1210. The topological polar surface area (TPSA) is 183 Å². The van der Waals surface area contributed by atoms with Crippen LogP contribution >= 0.6 is 7.82 Å². The molecular weight excluding hydrogens is 762 g/mol. The molecule has 0 aliphatic carbocycles. The van der Waals surface area contributed by atoms with Gasteiger partial charge >= 0.3 is 7.82 Å². The second kappa shape index (κ2) is 26.0. The molecule has 0 saturated heterocycles. The van der Waals surface area contributed by atoms with E-state index in [2.05, 4.69) is 34.9 Å². The van der Waals surface area contributed by atoms with Crippen LogP contribution in [0.1, 0.15) is 197 Å². The van der Waals surface area contributed by atoms with Crippen LogP contribution in [-0.2, 0) is 48.2 Å². The molecule has 0 amide bonds. The van der Waals surface area contributed by atoms with Crippen molar-refractivity contribution in [2.24, 2.45) is 0 Å². The van der Waals surface area contributed by atoms with E-state index in [4.69, 9.17) is 13.6 Å². The highest BCUT2D eigenvalue weighted by atomic mass is 32.2. The van der Waals surface area contributed by atoms with Crippen molar-refractivity contribution < 1.29 is 43.4 Å². The summed E-state index contributed by atoms with van der Waals surface area (Å²) in [5.41, 5.74) is -5.44. The fourth-order valence-corrected chi connectivity index (χ4v) is 11.1. The number of hydrogen-bond acceptors (Lipinski definition) is 10. The van der Waals surface area contributed by atoms with Crippen molar-refractivity contribution in [3.63, 3.8) is 0 Å². The Balaban J connectivity index is 7.13. The number of nitrogens with one attached hydrogen (secondary N) is 3. The first-order valence-corrected chi connectivity index (χ1v) is 26.8. The number of phosphoric acid groups is 1. The van der Waals surface area contributed by atoms with Gasteiger partial charge in [-0.05, 0) is 80.1 Å². The molecule has 0 aliphatic heterocycles. The van der Waals surface area contributed by atoms with E-state index in [1.165, 1.54) is 41.5 Å². The summed E-state index contributed by atoms with van der Waals surface area (Å²) in [6.07, 6.45) is 16.3. The van der Waals surface area contributed by atoms with E-state index >= 15 is 4.57 Å². The Morgan fingerprint density at radius 3 is 0.811 bits per heavy atom. The second-order valence-corrected chi connectivity index (χ2v) is 22.5. The summed E-state index contributed by atoms with van der Waals surface area (Å²) in [6.45, 7) is 15.1. The van der Waals surface area contributed by atoms with Crippen LogP contribution in [0.2, 0.25) is 0 Å². The highest BCUT2D eigenvalue weighted by Gasteiger charge is 2.50. The lowest BCUT2D eigenvalue weighted by molar-refractivity contribution is -0.0707. The predicted octanol–water partition coefficient (Wildman–Crippen LogP) is 9.36. The molecule has 0 heterocycles. The Morgan fingerprint density at radius 1 is 0.396 bits per heavy atom. The molecule has 0 aromatic rings. The summed E-state index contributed by atoms with van der Waals surface area (Å²) < 4.78 is 120. The molecule has 13 nitrogen and oxygen atoms in total. The van der Waals surface area contributed by atoms with Crippen LogP contribution in [0.15, 0.2) is 0 Å². The highest BCUT2D eigenvalue weighted by molar-refractivity contribution is 7.90. The molecule has 320 valence electrons. The molecule has 53 heavy (non-hydrogen) atoms. The normalized spacial score (nSPS) is 17.5. The maximum absolute atomic E-state index is 15.3. The Kier molecular flexibility index (Phi) is 25.9. The SMILES string of the molecule is CCCCCCCCC(C)(NS(=O)(=O)CC)OP(=O)(OC(C)(CCCCCCCC)NS(=O)(=O)CC)OC(C)(CCCCCCCC)NS(=O)(=O)CC. The maximum atomic E-state index is 15.3. The Hall–Kier alpha value is -0.160. The average molecular weight is 840 g/mol.